The summed E-state index contributed by atoms with van der Waals surface area (Å²) in [5, 5.41) is 2.01. The summed E-state index contributed by atoms with van der Waals surface area (Å²) in [4.78, 5) is 15.8. The maximum absolute atomic E-state index is 11.4. The molecule has 0 saturated heterocycles. The number of thiazole rings is 1. The van der Waals surface area contributed by atoms with Gasteiger partial charge in [0.2, 0.25) is 0 Å². The molecular weight excluding hydrogens is 270 g/mol. The SMILES string of the molecule is COC(=O)c1cc(CSc2nc(C)cs2)oc1C. The second kappa shape index (κ2) is 5.58. The first kappa shape index (κ1) is 13.2. The molecule has 0 N–H and O–H groups in total. The van der Waals surface area contributed by atoms with Gasteiger partial charge in [-0.25, -0.2) is 9.78 Å². The highest BCUT2D eigenvalue weighted by atomic mass is 32.2. The number of rotatable bonds is 4. The Kier molecular flexibility index (Phi) is 4.08. The van der Waals surface area contributed by atoms with Crippen LogP contribution >= 0.6 is 23.1 Å². The normalized spacial score (nSPS) is 10.6. The number of esters is 1. The molecule has 0 saturated carbocycles. The smallest absolute Gasteiger partial charge is 0.341 e. The minimum Gasteiger partial charge on any atom is -0.465 e. The molecule has 2 heterocycles. The van der Waals surface area contributed by atoms with Crippen LogP contribution in [0.3, 0.4) is 0 Å². The van der Waals surface area contributed by atoms with Crippen LogP contribution < -0.4 is 0 Å². The van der Waals surface area contributed by atoms with Crippen LogP contribution in [0.15, 0.2) is 20.2 Å². The molecule has 0 bridgehead atoms. The van der Waals surface area contributed by atoms with Gasteiger partial charge >= 0.3 is 5.97 Å². The Morgan fingerprint density at radius 3 is 2.94 bits per heavy atom. The predicted molar refractivity (Wildman–Crippen MR) is 71.2 cm³/mol. The highest BCUT2D eigenvalue weighted by Crippen LogP contribution is 2.27. The van der Waals surface area contributed by atoms with E-state index in [1.54, 1.807) is 36.1 Å². The van der Waals surface area contributed by atoms with Gasteiger partial charge in [0.15, 0.2) is 4.34 Å². The molecule has 2 rings (SSSR count). The van der Waals surface area contributed by atoms with E-state index in [1.165, 1.54) is 7.11 Å². The van der Waals surface area contributed by atoms with E-state index in [-0.39, 0.29) is 5.97 Å². The zero-order valence-electron chi connectivity index (χ0n) is 10.4. The fourth-order valence-corrected chi connectivity index (χ4v) is 3.19. The number of hydrogen-bond acceptors (Lipinski definition) is 6. The Labute approximate surface area is 113 Å². The van der Waals surface area contributed by atoms with Gasteiger partial charge in [-0.15, -0.1) is 11.3 Å². The molecule has 0 atom stereocenters. The fraction of sp³-hybridized carbons (Fsp3) is 0.333. The number of thioether (sulfide) groups is 1. The summed E-state index contributed by atoms with van der Waals surface area (Å²) >= 11 is 3.21. The zero-order chi connectivity index (χ0) is 13.1. The lowest BCUT2D eigenvalue weighted by molar-refractivity contribution is 0.0599. The Morgan fingerprint density at radius 1 is 1.56 bits per heavy atom. The minimum atomic E-state index is -0.363. The van der Waals surface area contributed by atoms with Crippen molar-refractivity contribution in [1.82, 2.24) is 4.98 Å². The van der Waals surface area contributed by atoms with E-state index in [4.69, 9.17) is 4.42 Å². The van der Waals surface area contributed by atoms with Crippen LogP contribution in [0.2, 0.25) is 0 Å². The summed E-state index contributed by atoms with van der Waals surface area (Å²) in [6.45, 7) is 3.72. The van der Waals surface area contributed by atoms with Gasteiger partial charge in [-0.05, 0) is 19.9 Å². The first-order valence-electron chi connectivity index (χ1n) is 5.32. The van der Waals surface area contributed by atoms with Crippen LogP contribution in [0.25, 0.3) is 0 Å². The monoisotopic (exact) mass is 283 g/mol. The molecule has 0 aromatic carbocycles. The topological polar surface area (TPSA) is 52.3 Å². The van der Waals surface area contributed by atoms with E-state index in [1.807, 2.05) is 12.3 Å². The third kappa shape index (κ3) is 2.94. The molecule has 0 aliphatic heterocycles. The number of aryl methyl sites for hydroxylation is 2. The molecule has 0 aliphatic rings. The summed E-state index contributed by atoms with van der Waals surface area (Å²) in [6, 6.07) is 1.73. The molecule has 0 amide bonds. The summed E-state index contributed by atoms with van der Waals surface area (Å²) in [6.07, 6.45) is 0. The van der Waals surface area contributed by atoms with E-state index in [9.17, 15) is 4.79 Å². The highest BCUT2D eigenvalue weighted by Gasteiger charge is 2.15. The van der Waals surface area contributed by atoms with Crippen LogP contribution in [0.4, 0.5) is 0 Å². The standard InChI is InChI=1S/C12H13NO3S2/c1-7-5-17-12(13-7)18-6-9-4-10(8(2)16-9)11(14)15-3/h4-5H,6H2,1-3H3. The van der Waals surface area contributed by atoms with Crippen molar-refractivity contribution < 1.29 is 13.9 Å². The number of furan rings is 1. The van der Waals surface area contributed by atoms with Crippen molar-refractivity contribution in [3.8, 4) is 0 Å². The van der Waals surface area contributed by atoms with E-state index in [0.717, 1.165) is 15.8 Å². The highest BCUT2D eigenvalue weighted by molar-refractivity contribution is 8.00. The second-order valence-corrected chi connectivity index (χ2v) is 5.80. The van der Waals surface area contributed by atoms with E-state index in [0.29, 0.717) is 17.1 Å². The van der Waals surface area contributed by atoms with Gasteiger partial charge in [-0.3, -0.25) is 0 Å². The number of aromatic nitrogens is 1. The van der Waals surface area contributed by atoms with Gasteiger partial charge in [-0.1, -0.05) is 11.8 Å². The van der Waals surface area contributed by atoms with Gasteiger partial charge in [0.05, 0.1) is 12.9 Å². The lowest BCUT2D eigenvalue weighted by Crippen LogP contribution is -2.00. The summed E-state index contributed by atoms with van der Waals surface area (Å²) in [7, 11) is 1.36. The maximum Gasteiger partial charge on any atom is 0.341 e. The first-order valence-corrected chi connectivity index (χ1v) is 7.19. The average Bonchev–Trinajstić information content (AvgIpc) is 2.92. The van der Waals surface area contributed by atoms with Gasteiger partial charge in [0.1, 0.15) is 17.1 Å². The van der Waals surface area contributed by atoms with Gasteiger partial charge in [-0.2, -0.15) is 0 Å². The lowest BCUT2D eigenvalue weighted by atomic mass is 10.2. The van der Waals surface area contributed by atoms with Crippen molar-refractivity contribution in [2.75, 3.05) is 7.11 Å². The van der Waals surface area contributed by atoms with Crippen LogP contribution in [0.1, 0.15) is 27.6 Å². The molecule has 96 valence electrons. The Bertz CT molecular complexity index is 559. The number of nitrogens with zero attached hydrogens (tertiary/aromatic N) is 1. The van der Waals surface area contributed by atoms with Crippen LogP contribution in [-0.4, -0.2) is 18.1 Å². The molecule has 2 aromatic rings. The Morgan fingerprint density at radius 2 is 2.33 bits per heavy atom. The van der Waals surface area contributed by atoms with Crippen LogP contribution in [0, 0.1) is 13.8 Å². The van der Waals surface area contributed by atoms with E-state index < -0.39 is 0 Å². The summed E-state index contributed by atoms with van der Waals surface area (Å²) < 4.78 is 11.2. The number of hydrogen-bond donors (Lipinski definition) is 0. The number of methoxy groups -OCH3 is 1. The number of ether oxygens (including phenoxy) is 1. The third-order valence-corrected chi connectivity index (χ3v) is 4.47. The van der Waals surface area contributed by atoms with Gasteiger partial charge in [0, 0.05) is 11.1 Å². The maximum atomic E-state index is 11.4. The zero-order valence-corrected chi connectivity index (χ0v) is 12.0. The van der Waals surface area contributed by atoms with Crippen LogP contribution in [0.5, 0.6) is 0 Å². The molecule has 0 fully saturated rings. The van der Waals surface area contributed by atoms with Crippen molar-refractivity contribution in [3.63, 3.8) is 0 Å². The second-order valence-electron chi connectivity index (χ2n) is 3.72. The van der Waals surface area contributed by atoms with Crippen molar-refractivity contribution >= 4 is 29.1 Å². The molecule has 18 heavy (non-hydrogen) atoms. The number of carbonyl (C=O) groups is 1. The van der Waals surface area contributed by atoms with E-state index in [2.05, 4.69) is 9.72 Å². The molecule has 2 aromatic heterocycles. The molecule has 0 aliphatic carbocycles. The summed E-state index contributed by atoms with van der Waals surface area (Å²) in [5.74, 6) is 1.64. The fourth-order valence-electron chi connectivity index (χ4n) is 1.46. The first-order chi connectivity index (χ1) is 8.60. The Balaban J connectivity index is 2.04. The predicted octanol–water partition coefficient (Wildman–Crippen LogP) is 3.43. The van der Waals surface area contributed by atoms with Gasteiger partial charge < -0.3 is 9.15 Å². The van der Waals surface area contributed by atoms with E-state index >= 15 is 0 Å². The van der Waals surface area contributed by atoms with Gasteiger partial charge in [0.25, 0.3) is 0 Å². The molecule has 0 unspecified atom stereocenters. The average molecular weight is 283 g/mol. The molecule has 6 heteroatoms. The largest absolute Gasteiger partial charge is 0.465 e. The molecule has 4 nitrogen and oxygen atoms in total. The summed E-state index contributed by atoms with van der Waals surface area (Å²) in [5.41, 5.74) is 1.51. The van der Waals surface area contributed by atoms with Crippen molar-refractivity contribution in [2.24, 2.45) is 0 Å². The molecule has 0 radical (unpaired) electrons. The van der Waals surface area contributed by atoms with Crippen molar-refractivity contribution in [2.45, 2.75) is 23.9 Å². The molecular formula is C12H13NO3S2. The lowest BCUT2D eigenvalue weighted by Gasteiger charge is -1.93. The third-order valence-electron chi connectivity index (χ3n) is 2.31. The Hall–Kier alpha value is -1.27. The van der Waals surface area contributed by atoms with Crippen molar-refractivity contribution in [3.05, 3.63) is 34.2 Å². The van der Waals surface area contributed by atoms with Crippen LogP contribution in [-0.2, 0) is 10.5 Å². The van der Waals surface area contributed by atoms with Crippen molar-refractivity contribution in [1.29, 1.82) is 0 Å². The minimum absolute atomic E-state index is 0.363. The quantitative estimate of drug-likeness (QED) is 0.635. The molecule has 0 spiro atoms. The number of carbonyl (C=O) groups excluding carboxylic acids is 1.